The van der Waals surface area contributed by atoms with Gasteiger partial charge in [0.2, 0.25) is 5.91 Å². The van der Waals surface area contributed by atoms with Gasteiger partial charge < -0.3 is 15.6 Å². The SMILES string of the molecule is O=C(CSc1nc2ccccc2[nH]1)Nc1ccccc1C(=O)NCCc1ccccc1. The molecule has 1 heterocycles. The number of benzene rings is 3. The highest BCUT2D eigenvalue weighted by Gasteiger charge is 2.13. The molecule has 6 nitrogen and oxygen atoms in total. The Morgan fingerprint density at radius 1 is 0.903 bits per heavy atom. The number of fused-ring (bicyclic) bond motifs is 1. The van der Waals surface area contributed by atoms with Gasteiger partial charge in [0.25, 0.3) is 5.91 Å². The molecule has 0 atom stereocenters. The lowest BCUT2D eigenvalue weighted by atomic mass is 10.1. The Labute approximate surface area is 184 Å². The number of hydrogen-bond donors (Lipinski definition) is 3. The van der Waals surface area contributed by atoms with E-state index in [-0.39, 0.29) is 17.6 Å². The number of hydrogen-bond acceptors (Lipinski definition) is 4. The van der Waals surface area contributed by atoms with Crippen LogP contribution in [0.15, 0.2) is 84.0 Å². The van der Waals surface area contributed by atoms with Crippen LogP contribution in [0, 0.1) is 0 Å². The molecule has 31 heavy (non-hydrogen) atoms. The van der Waals surface area contributed by atoms with Gasteiger partial charge in [-0.05, 0) is 36.2 Å². The lowest BCUT2D eigenvalue weighted by molar-refractivity contribution is -0.113. The van der Waals surface area contributed by atoms with E-state index in [2.05, 4.69) is 20.6 Å². The summed E-state index contributed by atoms with van der Waals surface area (Å²) in [5.41, 5.74) is 3.89. The Hall–Kier alpha value is -3.58. The molecule has 0 aliphatic carbocycles. The normalized spacial score (nSPS) is 10.7. The summed E-state index contributed by atoms with van der Waals surface area (Å²) in [5.74, 6) is -0.226. The third-order valence-electron chi connectivity index (χ3n) is 4.70. The molecule has 156 valence electrons. The summed E-state index contributed by atoms with van der Waals surface area (Å²) in [6, 6.07) is 24.7. The summed E-state index contributed by atoms with van der Waals surface area (Å²) in [6.45, 7) is 0.521. The number of carbonyl (C=O) groups excluding carboxylic acids is 2. The molecule has 3 N–H and O–H groups in total. The molecule has 2 amide bonds. The lowest BCUT2D eigenvalue weighted by Gasteiger charge is -2.11. The smallest absolute Gasteiger partial charge is 0.253 e. The molecule has 0 aliphatic heterocycles. The van der Waals surface area contributed by atoms with Crippen molar-refractivity contribution in [2.45, 2.75) is 11.6 Å². The summed E-state index contributed by atoms with van der Waals surface area (Å²) >= 11 is 1.32. The standard InChI is InChI=1S/C24H22N4O2S/c29-22(16-31-24-27-20-12-6-7-13-21(20)28-24)26-19-11-5-4-10-18(19)23(30)25-15-14-17-8-2-1-3-9-17/h1-13H,14-16H2,(H,25,30)(H,26,29)(H,27,28). The van der Waals surface area contributed by atoms with Crippen molar-refractivity contribution in [3.05, 3.63) is 90.0 Å². The molecule has 0 unspecified atom stereocenters. The zero-order valence-electron chi connectivity index (χ0n) is 16.8. The van der Waals surface area contributed by atoms with E-state index in [1.165, 1.54) is 11.8 Å². The Kier molecular flexibility index (Phi) is 6.64. The molecular formula is C24H22N4O2S. The third-order valence-corrected chi connectivity index (χ3v) is 5.57. The van der Waals surface area contributed by atoms with Crippen LogP contribution in [0.25, 0.3) is 11.0 Å². The number of rotatable bonds is 8. The summed E-state index contributed by atoms with van der Waals surface area (Å²) < 4.78 is 0. The van der Waals surface area contributed by atoms with Crippen LogP contribution >= 0.6 is 11.8 Å². The number of amides is 2. The van der Waals surface area contributed by atoms with Crippen molar-refractivity contribution in [3.63, 3.8) is 0 Å². The van der Waals surface area contributed by atoms with Crippen molar-refractivity contribution in [1.82, 2.24) is 15.3 Å². The van der Waals surface area contributed by atoms with Crippen molar-refractivity contribution in [3.8, 4) is 0 Å². The van der Waals surface area contributed by atoms with E-state index >= 15 is 0 Å². The average molecular weight is 431 g/mol. The minimum absolute atomic E-state index is 0.184. The van der Waals surface area contributed by atoms with Crippen LogP contribution in [0.3, 0.4) is 0 Å². The zero-order valence-corrected chi connectivity index (χ0v) is 17.6. The molecule has 0 fully saturated rings. The van der Waals surface area contributed by atoms with Crippen molar-refractivity contribution in [2.75, 3.05) is 17.6 Å². The van der Waals surface area contributed by atoms with Crippen LogP contribution in [0.2, 0.25) is 0 Å². The maximum absolute atomic E-state index is 12.6. The fourth-order valence-corrected chi connectivity index (χ4v) is 3.85. The molecule has 0 saturated carbocycles. The molecule has 4 aromatic rings. The Morgan fingerprint density at radius 2 is 1.65 bits per heavy atom. The highest BCUT2D eigenvalue weighted by atomic mass is 32.2. The van der Waals surface area contributed by atoms with Crippen LogP contribution in [0.1, 0.15) is 15.9 Å². The molecule has 0 bridgehead atoms. The summed E-state index contributed by atoms with van der Waals surface area (Å²) in [7, 11) is 0. The Balaban J connectivity index is 1.32. The van der Waals surface area contributed by atoms with Gasteiger partial charge >= 0.3 is 0 Å². The molecule has 0 spiro atoms. The van der Waals surface area contributed by atoms with E-state index in [9.17, 15) is 9.59 Å². The predicted molar refractivity (Wildman–Crippen MR) is 124 cm³/mol. The number of anilines is 1. The molecule has 0 saturated heterocycles. The molecule has 0 aliphatic rings. The highest BCUT2D eigenvalue weighted by molar-refractivity contribution is 7.99. The van der Waals surface area contributed by atoms with Gasteiger partial charge in [0.05, 0.1) is 28.0 Å². The van der Waals surface area contributed by atoms with E-state index < -0.39 is 0 Å². The summed E-state index contributed by atoms with van der Waals surface area (Å²) in [4.78, 5) is 32.8. The fourth-order valence-electron chi connectivity index (χ4n) is 3.17. The van der Waals surface area contributed by atoms with Crippen LogP contribution in [0.5, 0.6) is 0 Å². The van der Waals surface area contributed by atoms with Crippen LogP contribution in [-0.4, -0.2) is 34.1 Å². The maximum atomic E-state index is 12.6. The van der Waals surface area contributed by atoms with Gasteiger partial charge in [-0.1, -0.05) is 66.4 Å². The van der Waals surface area contributed by atoms with Crippen molar-refractivity contribution in [1.29, 1.82) is 0 Å². The minimum Gasteiger partial charge on any atom is -0.352 e. The van der Waals surface area contributed by atoms with E-state index in [1.54, 1.807) is 24.3 Å². The van der Waals surface area contributed by atoms with Gasteiger partial charge in [-0.15, -0.1) is 0 Å². The second-order valence-corrected chi connectivity index (χ2v) is 7.90. The van der Waals surface area contributed by atoms with Gasteiger partial charge in [-0.25, -0.2) is 4.98 Å². The maximum Gasteiger partial charge on any atom is 0.253 e. The monoisotopic (exact) mass is 430 g/mol. The number of aromatic amines is 1. The topological polar surface area (TPSA) is 86.9 Å². The summed E-state index contributed by atoms with van der Waals surface area (Å²) in [5, 5.41) is 6.45. The number of para-hydroxylation sites is 3. The number of nitrogens with one attached hydrogen (secondary N) is 3. The number of aromatic nitrogens is 2. The second kappa shape index (κ2) is 9.95. The lowest BCUT2D eigenvalue weighted by Crippen LogP contribution is -2.27. The first-order chi connectivity index (χ1) is 15.2. The molecule has 7 heteroatoms. The molecule has 1 aromatic heterocycles. The van der Waals surface area contributed by atoms with Crippen molar-refractivity contribution in [2.24, 2.45) is 0 Å². The fraction of sp³-hybridized carbons (Fsp3) is 0.125. The zero-order chi connectivity index (χ0) is 21.5. The van der Waals surface area contributed by atoms with Gasteiger partial charge in [-0.2, -0.15) is 0 Å². The van der Waals surface area contributed by atoms with Crippen LogP contribution in [-0.2, 0) is 11.2 Å². The van der Waals surface area contributed by atoms with E-state index in [0.717, 1.165) is 23.0 Å². The number of thioether (sulfide) groups is 1. The van der Waals surface area contributed by atoms with E-state index in [4.69, 9.17) is 0 Å². The molecule has 0 radical (unpaired) electrons. The predicted octanol–water partition coefficient (Wildman–Crippen LogP) is 4.27. The Morgan fingerprint density at radius 3 is 2.48 bits per heavy atom. The second-order valence-electron chi connectivity index (χ2n) is 6.93. The highest BCUT2D eigenvalue weighted by Crippen LogP contribution is 2.20. The number of H-pyrrole nitrogens is 1. The van der Waals surface area contributed by atoms with Gasteiger partial charge in [0.15, 0.2) is 5.16 Å². The van der Waals surface area contributed by atoms with Crippen LogP contribution < -0.4 is 10.6 Å². The van der Waals surface area contributed by atoms with Gasteiger partial charge in [0, 0.05) is 6.54 Å². The largest absolute Gasteiger partial charge is 0.352 e. The van der Waals surface area contributed by atoms with Gasteiger partial charge in [0.1, 0.15) is 0 Å². The number of carbonyl (C=O) groups is 2. The van der Waals surface area contributed by atoms with E-state index in [0.29, 0.717) is 23.0 Å². The number of imidazole rings is 1. The van der Waals surface area contributed by atoms with Gasteiger partial charge in [-0.3, -0.25) is 9.59 Å². The first kappa shape index (κ1) is 20.7. The molecular weight excluding hydrogens is 408 g/mol. The average Bonchev–Trinajstić information content (AvgIpc) is 3.22. The number of nitrogens with zero attached hydrogens (tertiary/aromatic N) is 1. The molecule has 4 rings (SSSR count). The summed E-state index contributed by atoms with van der Waals surface area (Å²) in [6.07, 6.45) is 0.745. The van der Waals surface area contributed by atoms with Crippen LogP contribution in [0.4, 0.5) is 5.69 Å². The van der Waals surface area contributed by atoms with E-state index in [1.807, 2.05) is 54.6 Å². The Bertz CT molecular complexity index is 1160. The van der Waals surface area contributed by atoms with Crippen molar-refractivity contribution < 1.29 is 9.59 Å². The van der Waals surface area contributed by atoms with Crippen molar-refractivity contribution >= 4 is 40.3 Å². The first-order valence-corrected chi connectivity index (χ1v) is 11.0. The third kappa shape index (κ3) is 5.52. The quantitative estimate of drug-likeness (QED) is 0.365. The minimum atomic E-state index is -0.211. The molecule has 3 aromatic carbocycles. The first-order valence-electron chi connectivity index (χ1n) is 9.97.